The van der Waals surface area contributed by atoms with Gasteiger partial charge in [0.05, 0.1) is 0 Å². The second-order valence-corrected chi connectivity index (χ2v) is 6.11. The molecule has 16 heteroatoms. The van der Waals surface area contributed by atoms with Crippen molar-refractivity contribution in [2.24, 2.45) is 5.73 Å². The van der Waals surface area contributed by atoms with Gasteiger partial charge in [-0.2, -0.15) is 0 Å². The van der Waals surface area contributed by atoms with Crippen molar-refractivity contribution in [3.05, 3.63) is 0 Å². The monoisotopic (exact) mass is 363 g/mol. The molecule has 0 aliphatic carbocycles. The highest BCUT2D eigenvalue weighted by Gasteiger charge is 2.23. The molecule has 0 saturated heterocycles. The van der Waals surface area contributed by atoms with E-state index in [9.17, 15) is 0 Å². The van der Waals surface area contributed by atoms with Crippen LogP contribution in [-0.4, -0.2) is 91.7 Å². The van der Waals surface area contributed by atoms with E-state index in [4.69, 9.17) is 57.5 Å². The third kappa shape index (κ3) is 312000. The first kappa shape index (κ1) is 32.2. The summed E-state index contributed by atoms with van der Waals surface area (Å²) in [6, 6.07) is 0. The second-order valence-electron chi connectivity index (χ2n) is 2.51. The van der Waals surface area contributed by atoms with Crippen molar-refractivity contribution in [1.29, 1.82) is 0 Å². The molecule has 0 aromatic carbocycles. The molecule has 0 atom stereocenters. The van der Waals surface area contributed by atoms with Crippen LogP contribution < -0.4 is 5.73 Å². The standard InChI is InChI=1S/C3H8.CH5N.3H4O4Si/c1-3-2;1-2;3*1-5(2,3)4/h3H2,1-2H3;2H2,1H3;3*1-4H. The van der Waals surface area contributed by atoms with Gasteiger partial charge in [-0.3, -0.25) is 0 Å². The van der Waals surface area contributed by atoms with Crippen molar-refractivity contribution < 1.29 is 57.5 Å². The minimum atomic E-state index is -4.61. The largest absolute Gasteiger partial charge is 0.668 e. The third-order valence-corrected chi connectivity index (χ3v) is 0. The maximum Gasteiger partial charge on any atom is 0.668 e. The Kier molecular flexibility index (Phi) is 27.6. The zero-order chi connectivity index (χ0) is 18.2. The fourth-order valence-electron chi connectivity index (χ4n) is 0. The molecular formula is C4H25NO12Si3. The van der Waals surface area contributed by atoms with E-state index in [1.165, 1.54) is 13.5 Å². The minimum Gasteiger partial charge on any atom is -0.368 e. The van der Waals surface area contributed by atoms with Crippen LogP contribution in [0.25, 0.3) is 0 Å². The molecule has 0 radical (unpaired) electrons. The number of hydrogen-bond acceptors (Lipinski definition) is 13. The first-order valence-corrected chi connectivity index (χ1v) is 10.0. The Morgan fingerprint density at radius 1 is 0.500 bits per heavy atom. The van der Waals surface area contributed by atoms with Crippen LogP contribution in [0.1, 0.15) is 20.3 Å². The molecule has 0 spiro atoms. The lowest BCUT2D eigenvalue weighted by Crippen LogP contribution is -2.33. The van der Waals surface area contributed by atoms with Gasteiger partial charge < -0.3 is 63.3 Å². The average molecular weight is 363 g/mol. The molecule has 0 bridgehead atoms. The van der Waals surface area contributed by atoms with Crippen LogP contribution in [0.15, 0.2) is 0 Å². The van der Waals surface area contributed by atoms with Crippen molar-refractivity contribution in [1.82, 2.24) is 0 Å². The summed E-state index contributed by atoms with van der Waals surface area (Å²) >= 11 is 0. The van der Waals surface area contributed by atoms with E-state index in [1.54, 1.807) is 0 Å². The molecule has 0 heterocycles. The Balaban J connectivity index is -0.0000000487. The molecule has 0 aromatic rings. The maximum absolute atomic E-state index is 7.33. The normalized spacial score (nSPS) is 10.2. The minimum absolute atomic E-state index is 1.25. The van der Waals surface area contributed by atoms with E-state index in [2.05, 4.69) is 19.6 Å². The predicted octanol–water partition coefficient (Wildman–Crippen LogP) is -6.84. The number of rotatable bonds is 0. The summed E-state index contributed by atoms with van der Waals surface area (Å²) in [5.74, 6) is 0. The summed E-state index contributed by atoms with van der Waals surface area (Å²) in [6.45, 7) is 4.25. The van der Waals surface area contributed by atoms with Gasteiger partial charge >= 0.3 is 27.1 Å². The van der Waals surface area contributed by atoms with Gasteiger partial charge in [0.2, 0.25) is 0 Å². The number of nitrogens with two attached hydrogens (primary N) is 1. The Morgan fingerprint density at radius 2 is 0.500 bits per heavy atom. The maximum atomic E-state index is 7.33. The Morgan fingerprint density at radius 3 is 0.500 bits per heavy atom. The van der Waals surface area contributed by atoms with Gasteiger partial charge in [-0.1, -0.05) is 20.3 Å². The summed E-state index contributed by atoms with van der Waals surface area (Å²) in [4.78, 5) is 87.9. The molecule has 0 unspecified atom stereocenters. The summed E-state index contributed by atoms with van der Waals surface area (Å²) in [5.41, 5.74) is 4.50. The van der Waals surface area contributed by atoms with Crippen LogP contribution in [0, 0.1) is 0 Å². The van der Waals surface area contributed by atoms with Crippen LogP contribution >= 0.6 is 0 Å². The summed E-state index contributed by atoms with van der Waals surface area (Å²) < 4.78 is 0. The van der Waals surface area contributed by atoms with E-state index in [0.29, 0.717) is 0 Å². The van der Waals surface area contributed by atoms with Gasteiger partial charge in [0, 0.05) is 0 Å². The van der Waals surface area contributed by atoms with Gasteiger partial charge in [-0.15, -0.1) is 0 Å². The topological polar surface area (TPSA) is 269 Å². The highest BCUT2D eigenvalue weighted by Crippen LogP contribution is 1.68. The highest BCUT2D eigenvalue weighted by molar-refractivity contribution is 6.47. The molecule has 13 nitrogen and oxygen atoms in total. The molecule has 0 aliphatic rings. The molecular weight excluding hydrogens is 338 g/mol. The molecule has 0 aromatic heterocycles. The predicted molar refractivity (Wildman–Crippen MR) is 70.0 cm³/mol. The zero-order valence-electron chi connectivity index (χ0n) is 11.2. The lowest BCUT2D eigenvalue weighted by Gasteiger charge is -1.91. The van der Waals surface area contributed by atoms with Gasteiger partial charge in [-0.25, -0.2) is 0 Å². The van der Waals surface area contributed by atoms with Gasteiger partial charge in [0.15, 0.2) is 0 Å². The van der Waals surface area contributed by atoms with E-state index >= 15 is 0 Å². The lowest BCUT2D eigenvalue weighted by atomic mass is 10.6. The van der Waals surface area contributed by atoms with E-state index < -0.39 is 27.1 Å². The molecule has 0 saturated carbocycles. The summed E-state index contributed by atoms with van der Waals surface area (Å²) in [7, 11) is -12.3. The third-order valence-electron chi connectivity index (χ3n) is 0. The summed E-state index contributed by atoms with van der Waals surface area (Å²) in [5, 5.41) is 0. The van der Waals surface area contributed by atoms with E-state index in [1.807, 2.05) is 0 Å². The SMILES string of the molecule is CCC.CN.O[Si](O)(O)O.O[Si](O)(O)O.O[Si](O)(O)O. The number of hydrogen-bond donors (Lipinski definition) is 13. The van der Waals surface area contributed by atoms with Crippen molar-refractivity contribution in [2.75, 3.05) is 7.05 Å². The molecule has 14 N–H and O–H groups in total. The van der Waals surface area contributed by atoms with Crippen LogP contribution in [0.5, 0.6) is 0 Å². The molecule has 0 aliphatic heterocycles. The zero-order valence-corrected chi connectivity index (χ0v) is 14.2. The summed E-state index contributed by atoms with van der Waals surface area (Å²) in [6.07, 6.45) is 1.25. The Labute approximate surface area is 118 Å². The van der Waals surface area contributed by atoms with Crippen LogP contribution in [0.4, 0.5) is 0 Å². The van der Waals surface area contributed by atoms with Gasteiger partial charge in [0.25, 0.3) is 0 Å². The van der Waals surface area contributed by atoms with Crippen molar-refractivity contribution in [3.8, 4) is 0 Å². The molecule has 130 valence electrons. The first-order valence-electron chi connectivity index (χ1n) is 4.67. The highest BCUT2D eigenvalue weighted by atomic mass is 28.4. The van der Waals surface area contributed by atoms with E-state index in [-0.39, 0.29) is 0 Å². The molecule has 20 heavy (non-hydrogen) atoms. The van der Waals surface area contributed by atoms with Crippen molar-refractivity contribution in [3.63, 3.8) is 0 Å². The molecule has 0 amide bonds. The van der Waals surface area contributed by atoms with Gasteiger partial charge in [0.1, 0.15) is 0 Å². The Bertz CT molecular complexity index is 117. The Hall–Kier alpha value is 0.131. The van der Waals surface area contributed by atoms with Crippen molar-refractivity contribution >= 4 is 27.1 Å². The quantitative estimate of drug-likeness (QED) is 0.178. The van der Waals surface area contributed by atoms with Gasteiger partial charge in [-0.05, 0) is 7.05 Å². The lowest BCUT2D eigenvalue weighted by molar-refractivity contribution is 0.115. The second kappa shape index (κ2) is 17.2. The average Bonchev–Trinajstić information content (AvgIpc) is 1.97. The van der Waals surface area contributed by atoms with Crippen LogP contribution in [0.3, 0.4) is 0 Å². The fraction of sp³-hybridized carbons (Fsp3) is 1.00. The van der Waals surface area contributed by atoms with Crippen LogP contribution in [-0.2, 0) is 0 Å². The first-order chi connectivity index (χ1) is 8.41. The van der Waals surface area contributed by atoms with E-state index in [0.717, 1.165) is 0 Å². The molecule has 0 rings (SSSR count). The smallest absolute Gasteiger partial charge is 0.368 e. The van der Waals surface area contributed by atoms with Crippen LogP contribution in [0.2, 0.25) is 0 Å². The van der Waals surface area contributed by atoms with Crippen molar-refractivity contribution in [2.45, 2.75) is 20.3 Å². The molecule has 0 fully saturated rings. The fourth-order valence-corrected chi connectivity index (χ4v) is 0.